The standard InChI is InChI=1S/C12H20BrNO4/c1-11(2,3)18-10(16)14-8-9(15)17-7(6-13)12(8,4)5/h7-8H,6H2,1-5H3,(H,14,16)/t7-,8-/m1/s1. The Morgan fingerprint density at radius 3 is 2.44 bits per heavy atom. The summed E-state index contributed by atoms with van der Waals surface area (Å²) in [5.74, 6) is -0.421. The topological polar surface area (TPSA) is 64.6 Å². The fourth-order valence-electron chi connectivity index (χ4n) is 1.75. The second-order valence-electron chi connectivity index (χ2n) is 5.98. The number of ether oxygens (including phenoxy) is 2. The fourth-order valence-corrected chi connectivity index (χ4v) is 2.72. The average Bonchev–Trinajstić information content (AvgIpc) is 2.38. The van der Waals surface area contributed by atoms with Crippen LogP contribution in [0.1, 0.15) is 34.6 Å². The van der Waals surface area contributed by atoms with Crippen LogP contribution in [0.15, 0.2) is 0 Å². The monoisotopic (exact) mass is 321 g/mol. The van der Waals surface area contributed by atoms with E-state index in [1.54, 1.807) is 20.8 Å². The van der Waals surface area contributed by atoms with Gasteiger partial charge in [0.05, 0.1) is 0 Å². The van der Waals surface area contributed by atoms with Crippen LogP contribution in [0.2, 0.25) is 0 Å². The molecule has 1 heterocycles. The van der Waals surface area contributed by atoms with Crippen LogP contribution >= 0.6 is 15.9 Å². The van der Waals surface area contributed by atoms with Gasteiger partial charge >= 0.3 is 12.1 Å². The molecule has 0 radical (unpaired) electrons. The molecule has 1 N–H and O–H groups in total. The molecule has 5 nitrogen and oxygen atoms in total. The van der Waals surface area contributed by atoms with Gasteiger partial charge in [0.1, 0.15) is 17.7 Å². The van der Waals surface area contributed by atoms with E-state index in [2.05, 4.69) is 21.2 Å². The molecule has 1 saturated heterocycles. The third-order valence-electron chi connectivity index (χ3n) is 2.87. The molecule has 6 heteroatoms. The molecule has 2 atom stereocenters. The van der Waals surface area contributed by atoms with Gasteiger partial charge in [0.15, 0.2) is 0 Å². The van der Waals surface area contributed by atoms with Crippen LogP contribution in [-0.2, 0) is 14.3 Å². The second-order valence-corrected chi connectivity index (χ2v) is 6.63. The molecule has 1 aliphatic heterocycles. The molecule has 1 amide bonds. The number of amides is 1. The zero-order valence-corrected chi connectivity index (χ0v) is 13.0. The van der Waals surface area contributed by atoms with Crippen molar-refractivity contribution in [3.05, 3.63) is 0 Å². The summed E-state index contributed by atoms with van der Waals surface area (Å²) in [6.45, 7) is 9.07. The van der Waals surface area contributed by atoms with E-state index in [-0.39, 0.29) is 6.10 Å². The first-order chi connectivity index (χ1) is 8.08. The summed E-state index contributed by atoms with van der Waals surface area (Å²) in [4.78, 5) is 23.4. The molecule has 0 bridgehead atoms. The first kappa shape index (κ1) is 15.3. The molecule has 0 unspecified atom stereocenters. The third-order valence-corrected chi connectivity index (χ3v) is 3.46. The fraction of sp³-hybridized carbons (Fsp3) is 0.833. The van der Waals surface area contributed by atoms with Crippen molar-refractivity contribution in [3.63, 3.8) is 0 Å². The number of nitrogens with one attached hydrogen (secondary N) is 1. The third kappa shape index (κ3) is 3.37. The summed E-state index contributed by atoms with van der Waals surface area (Å²) >= 11 is 3.30. The Kier molecular flexibility index (Phi) is 4.30. The van der Waals surface area contributed by atoms with Crippen molar-refractivity contribution in [1.29, 1.82) is 0 Å². The Hall–Kier alpha value is -0.780. The highest BCUT2D eigenvalue weighted by Gasteiger charge is 2.51. The number of halogens is 1. The molecule has 1 fully saturated rings. The van der Waals surface area contributed by atoms with Gasteiger partial charge in [-0.1, -0.05) is 29.8 Å². The van der Waals surface area contributed by atoms with Gasteiger partial charge in [0.25, 0.3) is 0 Å². The lowest BCUT2D eigenvalue weighted by Gasteiger charge is -2.28. The van der Waals surface area contributed by atoms with Crippen LogP contribution in [0.3, 0.4) is 0 Å². The maximum atomic E-state index is 11.7. The zero-order valence-electron chi connectivity index (χ0n) is 11.4. The molecule has 0 saturated carbocycles. The summed E-state index contributed by atoms with van der Waals surface area (Å²) in [6.07, 6.45) is -0.863. The largest absolute Gasteiger partial charge is 0.459 e. The Morgan fingerprint density at radius 2 is 2.06 bits per heavy atom. The number of esters is 1. The molecule has 0 aromatic rings. The van der Waals surface area contributed by atoms with E-state index in [1.165, 1.54) is 0 Å². The lowest BCUT2D eigenvalue weighted by molar-refractivity contribution is -0.142. The summed E-state index contributed by atoms with van der Waals surface area (Å²) in [7, 11) is 0. The van der Waals surface area contributed by atoms with Crippen molar-refractivity contribution in [3.8, 4) is 0 Å². The number of carbonyl (C=O) groups excluding carboxylic acids is 2. The number of alkyl carbamates (subject to hydrolysis) is 1. The molecule has 0 spiro atoms. The van der Waals surface area contributed by atoms with Crippen LogP contribution in [-0.4, -0.2) is 35.1 Å². The molecule has 0 aromatic heterocycles. The van der Waals surface area contributed by atoms with E-state index in [4.69, 9.17) is 9.47 Å². The smallest absolute Gasteiger partial charge is 0.408 e. The van der Waals surface area contributed by atoms with Crippen molar-refractivity contribution < 1.29 is 19.1 Å². The first-order valence-corrected chi connectivity index (χ1v) is 6.96. The number of cyclic esters (lactones) is 1. The first-order valence-electron chi connectivity index (χ1n) is 5.84. The van der Waals surface area contributed by atoms with E-state index >= 15 is 0 Å². The van der Waals surface area contributed by atoms with Crippen molar-refractivity contribution in [1.82, 2.24) is 5.32 Å². The maximum Gasteiger partial charge on any atom is 0.408 e. The molecule has 0 aromatic carbocycles. The van der Waals surface area contributed by atoms with Crippen molar-refractivity contribution in [2.24, 2.45) is 5.41 Å². The number of alkyl halides is 1. The van der Waals surface area contributed by atoms with E-state index in [0.29, 0.717) is 5.33 Å². The number of hydrogen-bond donors (Lipinski definition) is 1. The van der Waals surface area contributed by atoms with E-state index < -0.39 is 29.1 Å². The highest BCUT2D eigenvalue weighted by atomic mass is 79.9. The molecule has 18 heavy (non-hydrogen) atoms. The van der Waals surface area contributed by atoms with Crippen molar-refractivity contribution in [2.75, 3.05) is 5.33 Å². The Labute approximate surface area is 116 Å². The van der Waals surface area contributed by atoms with Gasteiger partial charge in [-0.3, -0.25) is 0 Å². The van der Waals surface area contributed by atoms with Gasteiger partial charge in [-0.25, -0.2) is 9.59 Å². The number of rotatable bonds is 2. The number of hydrogen-bond acceptors (Lipinski definition) is 4. The summed E-state index contributed by atoms with van der Waals surface area (Å²) in [6, 6.07) is -0.685. The minimum absolute atomic E-state index is 0.259. The normalized spacial score (nSPS) is 26.7. The lowest BCUT2D eigenvalue weighted by atomic mass is 9.82. The minimum atomic E-state index is -0.685. The van der Waals surface area contributed by atoms with Gasteiger partial charge in [-0.05, 0) is 20.8 Å². The van der Waals surface area contributed by atoms with Crippen LogP contribution in [0.25, 0.3) is 0 Å². The predicted octanol–water partition coefficient (Wildman–Crippen LogP) is 2.23. The van der Waals surface area contributed by atoms with E-state index in [1.807, 2.05) is 13.8 Å². The van der Waals surface area contributed by atoms with Gasteiger partial charge < -0.3 is 14.8 Å². The molecule has 1 aliphatic rings. The SMILES string of the molecule is CC(C)(C)OC(=O)N[C@@H]1C(=O)O[C@H](CBr)C1(C)C. The molecular weight excluding hydrogens is 302 g/mol. The summed E-state index contributed by atoms with van der Waals surface area (Å²) in [5, 5.41) is 3.12. The van der Waals surface area contributed by atoms with Crippen LogP contribution in [0, 0.1) is 5.41 Å². The van der Waals surface area contributed by atoms with Gasteiger partial charge in [0.2, 0.25) is 0 Å². The Bertz CT molecular complexity index is 348. The number of carbonyl (C=O) groups is 2. The van der Waals surface area contributed by atoms with Crippen LogP contribution in [0.5, 0.6) is 0 Å². The molecule has 1 rings (SSSR count). The molecular formula is C12H20BrNO4. The Balaban J connectivity index is 2.72. The van der Waals surface area contributed by atoms with Gasteiger partial charge in [-0.15, -0.1) is 0 Å². The highest BCUT2D eigenvalue weighted by Crippen LogP contribution is 2.36. The van der Waals surface area contributed by atoms with E-state index in [9.17, 15) is 9.59 Å². The molecule has 104 valence electrons. The van der Waals surface area contributed by atoms with Crippen LogP contribution in [0.4, 0.5) is 4.79 Å². The van der Waals surface area contributed by atoms with Gasteiger partial charge in [-0.2, -0.15) is 0 Å². The van der Waals surface area contributed by atoms with Gasteiger partial charge in [0, 0.05) is 10.7 Å². The quantitative estimate of drug-likeness (QED) is 0.625. The lowest BCUT2D eigenvalue weighted by Crippen LogP contribution is -2.49. The molecule has 0 aliphatic carbocycles. The second kappa shape index (κ2) is 5.07. The minimum Gasteiger partial charge on any atom is -0.459 e. The maximum absolute atomic E-state index is 11.7. The summed E-state index contributed by atoms with van der Waals surface area (Å²) < 4.78 is 10.4. The van der Waals surface area contributed by atoms with Crippen molar-refractivity contribution >= 4 is 28.0 Å². The highest BCUT2D eigenvalue weighted by molar-refractivity contribution is 9.09. The predicted molar refractivity (Wildman–Crippen MR) is 70.6 cm³/mol. The zero-order chi connectivity index (χ0) is 14.1. The Morgan fingerprint density at radius 1 is 1.50 bits per heavy atom. The van der Waals surface area contributed by atoms with Crippen molar-refractivity contribution in [2.45, 2.75) is 52.4 Å². The van der Waals surface area contributed by atoms with Crippen LogP contribution < -0.4 is 5.32 Å². The van der Waals surface area contributed by atoms with E-state index in [0.717, 1.165) is 0 Å². The average molecular weight is 322 g/mol. The summed E-state index contributed by atoms with van der Waals surface area (Å²) in [5.41, 5.74) is -1.07.